The molecule has 0 heterocycles. The molecule has 0 saturated carbocycles. The van der Waals surface area contributed by atoms with Crippen LogP contribution >= 0.6 is 11.6 Å². The van der Waals surface area contributed by atoms with Gasteiger partial charge in [-0.25, -0.2) is 4.39 Å². The number of hydrogen-bond acceptors (Lipinski definition) is 2. The van der Waals surface area contributed by atoms with E-state index in [9.17, 15) is 4.39 Å². The highest BCUT2D eigenvalue weighted by Crippen LogP contribution is 2.31. The summed E-state index contributed by atoms with van der Waals surface area (Å²) in [6, 6.07) is 4.57. The second-order valence-electron chi connectivity index (χ2n) is 4.56. The van der Waals surface area contributed by atoms with Crippen LogP contribution in [-0.4, -0.2) is 17.3 Å². The molecule has 1 atom stereocenters. The van der Waals surface area contributed by atoms with E-state index >= 15 is 0 Å². The van der Waals surface area contributed by atoms with Crippen LogP contribution in [0.5, 0.6) is 0 Å². The van der Waals surface area contributed by atoms with Crippen LogP contribution in [0.3, 0.4) is 0 Å². The number of halogens is 2. The zero-order chi connectivity index (χ0) is 12.3. The summed E-state index contributed by atoms with van der Waals surface area (Å²) in [5, 5.41) is 9.11. The average molecular weight is 246 g/mol. The fourth-order valence-corrected chi connectivity index (χ4v) is 2.02. The van der Waals surface area contributed by atoms with Crippen LogP contribution in [0.1, 0.15) is 31.7 Å². The molecule has 1 rings (SSSR count). The highest BCUT2D eigenvalue weighted by Gasteiger charge is 2.26. The molecule has 2 nitrogen and oxygen atoms in total. The van der Waals surface area contributed by atoms with Crippen LogP contribution in [-0.2, 0) is 0 Å². The van der Waals surface area contributed by atoms with Crippen LogP contribution in [0.15, 0.2) is 18.2 Å². The Morgan fingerprint density at radius 1 is 1.50 bits per heavy atom. The Bertz CT molecular complexity index is 363. The molecule has 0 aliphatic heterocycles. The summed E-state index contributed by atoms with van der Waals surface area (Å²) in [5.41, 5.74) is 6.41. The van der Waals surface area contributed by atoms with Gasteiger partial charge in [-0.2, -0.15) is 0 Å². The van der Waals surface area contributed by atoms with Gasteiger partial charge in [-0.1, -0.05) is 17.7 Å². The normalized spacial score (nSPS) is 13.9. The quantitative estimate of drug-likeness (QED) is 0.857. The zero-order valence-electron chi connectivity index (χ0n) is 9.50. The van der Waals surface area contributed by atoms with Crippen molar-refractivity contribution < 1.29 is 9.50 Å². The Hall–Kier alpha value is -0.640. The summed E-state index contributed by atoms with van der Waals surface area (Å²) < 4.78 is 13.0. The molecule has 0 amide bonds. The van der Waals surface area contributed by atoms with Crippen LogP contribution in [0.4, 0.5) is 4.39 Å². The van der Waals surface area contributed by atoms with E-state index in [4.69, 9.17) is 22.4 Å². The Labute approximate surface area is 100 Å². The molecule has 0 aliphatic rings. The molecular weight excluding hydrogens is 229 g/mol. The molecule has 3 N–H and O–H groups in total. The molecule has 90 valence electrons. The van der Waals surface area contributed by atoms with Crippen molar-refractivity contribution in [2.45, 2.75) is 31.7 Å². The number of nitrogens with two attached hydrogens (primary N) is 1. The van der Waals surface area contributed by atoms with E-state index in [1.54, 1.807) is 12.1 Å². The maximum Gasteiger partial charge on any atom is 0.141 e. The van der Waals surface area contributed by atoms with Gasteiger partial charge in [0.15, 0.2) is 0 Å². The minimum atomic E-state index is -0.482. The zero-order valence-corrected chi connectivity index (χ0v) is 10.3. The molecule has 0 fully saturated rings. The number of aliphatic hydroxyl groups excluding tert-OH is 1. The molecule has 0 spiro atoms. The van der Waals surface area contributed by atoms with E-state index in [0.717, 1.165) is 5.56 Å². The van der Waals surface area contributed by atoms with Gasteiger partial charge < -0.3 is 10.8 Å². The molecule has 1 aromatic carbocycles. The van der Waals surface area contributed by atoms with Crippen LogP contribution in [0, 0.1) is 5.82 Å². The number of aliphatic hydroxyl groups is 1. The number of rotatable bonds is 4. The Kier molecular flexibility index (Phi) is 4.30. The Balaban J connectivity index is 3.06. The smallest absolute Gasteiger partial charge is 0.141 e. The van der Waals surface area contributed by atoms with Crippen molar-refractivity contribution in [3.8, 4) is 0 Å². The highest BCUT2D eigenvalue weighted by atomic mass is 35.5. The largest absolute Gasteiger partial charge is 0.396 e. The average Bonchev–Trinajstić information content (AvgIpc) is 2.17. The predicted octanol–water partition coefficient (Wildman–Crippen LogP) is 2.68. The van der Waals surface area contributed by atoms with Crippen LogP contribution in [0.25, 0.3) is 0 Å². The van der Waals surface area contributed by atoms with Gasteiger partial charge in [0.25, 0.3) is 0 Å². The first kappa shape index (κ1) is 13.4. The standard InChI is InChI=1S/C12H17ClFNO/c1-12(2,15)9(5-6-16)8-3-4-11(14)10(13)7-8/h3-4,7,9,16H,5-6,15H2,1-2H3. The van der Waals surface area contributed by atoms with Gasteiger partial charge in [0.05, 0.1) is 5.02 Å². The fraction of sp³-hybridized carbons (Fsp3) is 0.500. The van der Waals surface area contributed by atoms with E-state index < -0.39 is 11.4 Å². The lowest BCUT2D eigenvalue weighted by Gasteiger charge is -2.30. The van der Waals surface area contributed by atoms with Crippen molar-refractivity contribution in [1.29, 1.82) is 0 Å². The summed E-state index contributed by atoms with van der Waals surface area (Å²) in [5.74, 6) is -0.487. The monoisotopic (exact) mass is 245 g/mol. The SMILES string of the molecule is CC(C)(N)C(CCO)c1ccc(F)c(Cl)c1. The predicted molar refractivity (Wildman–Crippen MR) is 64.1 cm³/mol. The van der Waals surface area contributed by atoms with Gasteiger partial charge in [-0.15, -0.1) is 0 Å². The first-order valence-corrected chi connectivity index (χ1v) is 5.58. The van der Waals surface area contributed by atoms with Gasteiger partial charge in [0.2, 0.25) is 0 Å². The summed E-state index contributed by atoms with van der Waals surface area (Å²) in [7, 11) is 0. The van der Waals surface area contributed by atoms with Gasteiger partial charge in [0, 0.05) is 18.1 Å². The minimum absolute atomic E-state index is 0.0420. The summed E-state index contributed by atoms with van der Waals surface area (Å²) >= 11 is 5.73. The number of hydrogen-bond donors (Lipinski definition) is 2. The van der Waals surface area contributed by atoms with E-state index in [2.05, 4.69) is 0 Å². The molecular formula is C12H17ClFNO. The molecule has 1 unspecified atom stereocenters. The van der Waals surface area contributed by atoms with E-state index in [1.165, 1.54) is 6.07 Å². The second kappa shape index (κ2) is 5.13. The van der Waals surface area contributed by atoms with Crippen molar-refractivity contribution in [3.63, 3.8) is 0 Å². The Morgan fingerprint density at radius 3 is 2.56 bits per heavy atom. The van der Waals surface area contributed by atoms with Crippen molar-refractivity contribution >= 4 is 11.6 Å². The molecule has 0 radical (unpaired) electrons. The molecule has 0 saturated heterocycles. The molecule has 0 aliphatic carbocycles. The van der Waals surface area contributed by atoms with Crippen LogP contribution in [0.2, 0.25) is 5.02 Å². The fourth-order valence-electron chi connectivity index (χ4n) is 1.83. The lowest BCUT2D eigenvalue weighted by Crippen LogP contribution is -2.39. The second-order valence-corrected chi connectivity index (χ2v) is 4.97. The van der Waals surface area contributed by atoms with Crippen molar-refractivity contribution in [2.24, 2.45) is 5.73 Å². The van der Waals surface area contributed by atoms with E-state index in [-0.39, 0.29) is 17.5 Å². The molecule has 1 aromatic rings. The van der Waals surface area contributed by atoms with Gasteiger partial charge >= 0.3 is 0 Å². The maximum atomic E-state index is 13.0. The van der Waals surface area contributed by atoms with Crippen molar-refractivity contribution in [1.82, 2.24) is 0 Å². The first-order chi connectivity index (χ1) is 7.36. The Morgan fingerprint density at radius 2 is 2.12 bits per heavy atom. The number of benzene rings is 1. The van der Waals surface area contributed by atoms with Gasteiger partial charge in [-0.3, -0.25) is 0 Å². The summed E-state index contributed by atoms with van der Waals surface area (Å²) in [4.78, 5) is 0. The summed E-state index contributed by atoms with van der Waals surface area (Å²) in [6.45, 7) is 3.80. The summed E-state index contributed by atoms with van der Waals surface area (Å²) in [6.07, 6.45) is 0.533. The molecule has 0 aromatic heterocycles. The lowest BCUT2D eigenvalue weighted by atomic mass is 9.80. The van der Waals surface area contributed by atoms with E-state index in [0.29, 0.717) is 6.42 Å². The molecule has 0 bridgehead atoms. The maximum absolute atomic E-state index is 13.0. The van der Waals surface area contributed by atoms with Crippen molar-refractivity contribution in [3.05, 3.63) is 34.6 Å². The third-order valence-electron chi connectivity index (χ3n) is 2.66. The van der Waals surface area contributed by atoms with E-state index in [1.807, 2.05) is 13.8 Å². The van der Waals surface area contributed by atoms with Gasteiger partial charge in [0.1, 0.15) is 5.82 Å². The topological polar surface area (TPSA) is 46.2 Å². The minimum Gasteiger partial charge on any atom is -0.396 e. The van der Waals surface area contributed by atoms with Crippen molar-refractivity contribution in [2.75, 3.05) is 6.61 Å². The first-order valence-electron chi connectivity index (χ1n) is 5.21. The molecule has 16 heavy (non-hydrogen) atoms. The lowest BCUT2D eigenvalue weighted by molar-refractivity contribution is 0.250. The third kappa shape index (κ3) is 3.17. The third-order valence-corrected chi connectivity index (χ3v) is 2.95. The molecule has 4 heteroatoms. The highest BCUT2D eigenvalue weighted by molar-refractivity contribution is 6.30. The van der Waals surface area contributed by atoms with Crippen LogP contribution < -0.4 is 5.73 Å². The van der Waals surface area contributed by atoms with Gasteiger partial charge in [-0.05, 0) is 38.0 Å².